The molecule has 2 aromatic rings. The first-order valence-corrected chi connectivity index (χ1v) is 14.8. The van der Waals surface area contributed by atoms with Gasteiger partial charge in [0.15, 0.2) is 6.10 Å². The van der Waals surface area contributed by atoms with Gasteiger partial charge >= 0.3 is 6.09 Å². The monoisotopic (exact) mass is 589 g/mol. The second-order valence-corrected chi connectivity index (χ2v) is 12.6. The second kappa shape index (κ2) is 15.1. The Morgan fingerprint density at radius 1 is 1.17 bits per heavy atom. The third kappa shape index (κ3) is 9.98. The van der Waals surface area contributed by atoms with Gasteiger partial charge < -0.3 is 29.4 Å². The molecule has 0 aliphatic carbocycles. The van der Waals surface area contributed by atoms with Crippen molar-refractivity contribution in [1.29, 1.82) is 5.26 Å². The lowest BCUT2D eigenvalue weighted by molar-refractivity contribution is -0.151. The van der Waals surface area contributed by atoms with E-state index in [9.17, 15) is 18.3 Å². The van der Waals surface area contributed by atoms with E-state index >= 15 is 0 Å². The maximum Gasteiger partial charge on any atom is 0.407 e. The van der Waals surface area contributed by atoms with Gasteiger partial charge in [-0.25, -0.2) is 13.2 Å². The van der Waals surface area contributed by atoms with Gasteiger partial charge in [0.25, 0.3) is 0 Å². The zero-order chi connectivity index (χ0) is 29.9. The number of hydrogen-bond donors (Lipinski definition) is 2. The van der Waals surface area contributed by atoms with E-state index in [1.165, 1.54) is 23.5 Å². The van der Waals surface area contributed by atoms with E-state index in [1.807, 2.05) is 44.2 Å². The van der Waals surface area contributed by atoms with Gasteiger partial charge in [-0.1, -0.05) is 44.2 Å². The number of rotatable bonds is 14. The zero-order valence-corrected chi connectivity index (χ0v) is 24.5. The zero-order valence-electron chi connectivity index (χ0n) is 23.7. The van der Waals surface area contributed by atoms with Gasteiger partial charge in [0, 0.05) is 19.5 Å². The number of carbonyl (C=O) groups is 1. The first-order valence-electron chi connectivity index (χ1n) is 13.4. The molecule has 2 N–H and O–H groups in total. The Bertz CT molecular complexity index is 1240. The predicted octanol–water partition coefficient (Wildman–Crippen LogP) is 3.09. The fourth-order valence-electron chi connectivity index (χ4n) is 4.45. The third-order valence-electron chi connectivity index (χ3n) is 6.72. The summed E-state index contributed by atoms with van der Waals surface area (Å²) in [7, 11) is -2.59. The number of aliphatic hydroxyl groups is 1. The van der Waals surface area contributed by atoms with Crippen molar-refractivity contribution in [3.63, 3.8) is 0 Å². The van der Waals surface area contributed by atoms with Crippen molar-refractivity contribution >= 4 is 16.1 Å². The molecule has 41 heavy (non-hydrogen) atoms. The smallest absolute Gasteiger partial charge is 0.407 e. The van der Waals surface area contributed by atoms with Crippen molar-refractivity contribution in [2.75, 3.05) is 40.2 Å². The summed E-state index contributed by atoms with van der Waals surface area (Å²) in [5, 5.41) is 23.3. The number of nitrogens with one attached hydrogen (secondary N) is 1. The second-order valence-electron chi connectivity index (χ2n) is 10.7. The number of nitrogens with zero attached hydrogens (tertiary/aromatic N) is 2. The quantitative estimate of drug-likeness (QED) is 0.339. The summed E-state index contributed by atoms with van der Waals surface area (Å²) in [6.07, 6.45) is -1.75. The molecule has 12 heteroatoms. The molecule has 0 radical (unpaired) electrons. The molecule has 11 nitrogen and oxygen atoms in total. The van der Waals surface area contributed by atoms with Crippen LogP contribution in [0.5, 0.6) is 5.75 Å². The van der Waals surface area contributed by atoms with Crippen LogP contribution in [-0.4, -0.2) is 82.4 Å². The van der Waals surface area contributed by atoms with Crippen LogP contribution in [0.2, 0.25) is 0 Å². The third-order valence-corrected chi connectivity index (χ3v) is 8.55. The molecule has 1 unspecified atom stereocenters. The van der Waals surface area contributed by atoms with Crippen LogP contribution in [0.15, 0.2) is 59.5 Å². The van der Waals surface area contributed by atoms with E-state index in [0.29, 0.717) is 12.2 Å². The molecule has 1 heterocycles. The van der Waals surface area contributed by atoms with Gasteiger partial charge in [0.1, 0.15) is 12.5 Å². The fraction of sp³-hybridized carbons (Fsp3) is 0.517. The normalized spacial score (nSPS) is 16.0. The summed E-state index contributed by atoms with van der Waals surface area (Å²) in [5.41, 5.74) is 0.261. The predicted molar refractivity (Wildman–Crippen MR) is 150 cm³/mol. The number of carbonyl (C=O) groups excluding carboxylic acids is 1. The van der Waals surface area contributed by atoms with Gasteiger partial charge in [0.2, 0.25) is 10.0 Å². The maximum absolute atomic E-state index is 13.9. The van der Waals surface area contributed by atoms with Gasteiger partial charge in [-0.15, -0.1) is 0 Å². The Morgan fingerprint density at radius 2 is 1.83 bits per heavy atom. The van der Waals surface area contributed by atoms with Crippen LogP contribution in [0.3, 0.4) is 0 Å². The molecule has 1 amide bonds. The summed E-state index contributed by atoms with van der Waals surface area (Å²) in [5.74, 6) is 0.504. The van der Waals surface area contributed by atoms with Gasteiger partial charge in [-0.05, 0) is 48.1 Å². The van der Waals surface area contributed by atoms with E-state index in [-0.39, 0.29) is 50.8 Å². The number of ether oxygens (including phenoxy) is 4. The highest BCUT2D eigenvalue weighted by molar-refractivity contribution is 7.89. The highest BCUT2D eigenvalue weighted by Gasteiger charge is 2.35. The molecule has 2 aromatic carbocycles. The van der Waals surface area contributed by atoms with Crippen LogP contribution in [0.25, 0.3) is 0 Å². The summed E-state index contributed by atoms with van der Waals surface area (Å²) in [6, 6.07) is 16.5. The summed E-state index contributed by atoms with van der Waals surface area (Å²) in [4.78, 5) is 12.8. The lowest BCUT2D eigenvalue weighted by atomic mass is 9.88. The summed E-state index contributed by atoms with van der Waals surface area (Å²) < 4.78 is 49.8. The molecular formula is C29H39N3O8S. The van der Waals surface area contributed by atoms with Crippen LogP contribution in [0.1, 0.15) is 32.3 Å². The number of aliphatic hydroxyl groups excluding tert-OH is 1. The van der Waals surface area contributed by atoms with E-state index in [4.69, 9.17) is 24.2 Å². The lowest BCUT2D eigenvalue weighted by Gasteiger charge is -2.35. The van der Waals surface area contributed by atoms with Crippen molar-refractivity contribution in [1.82, 2.24) is 9.62 Å². The standard InChI is InChI=1S/C29H39N3O8S/c1-29(2,14-7-15-30)20-32(41(35,36)25-12-10-23(37-3)11-13-25)17-27(33)26(16-22-8-5-4-6-9-22)31-28(34)40-24-18-38-21-39-19-24/h4-6,8-13,24,26-27,33H,7,14,16-21H2,1-3H3,(H,31,34)/t26?,27-/m1/s1. The summed E-state index contributed by atoms with van der Waals surface area (Å²) in [6.45, 7) is 3.98. The topological polar surface area (TPSA) is 147 Å². The first kappa shape index (κ1) is 32.3. The molecule has 3 rings (SSSR count). The molecule has 2 atom stereocenters. The Balaban J connectivity index is 1.87. The molecule has 1 aliphatic rings. The number of amides is 1. The van der Waals surface area contributed by atoms with E-state index in [2.05, 4.69) is 11.4 Å². The van der Waals surface area contributed by atoms with E-state index < -0.39 is 39.8 Å². The number of nitriles is 1. The average molecular weight is 590 g/mol. The van der Waals surface area contributed by atoms with E-state index in [0.717, 1.165) is 5.56 Å². The average Bonchev–Trinajstić information content (AvgIpc) is 2.96. The Labute approximate surface area is 242 Å². The highest BCUT2D eigenvalue weighted by atomic mass is 32.2. The van der Waals surface area contributed by atoms with Gasteiger partial charge in [0.05, 0.1) is 43.4 Å². The molecule has 0 bridgehead atoms. The Morgan fingerprint density at radius 3 is 2.44 bits per heavy atom. The molecule has 1 fully saturated rings. The van der Waals surface area contributed by atoms with Crippen molar-refractivity contribution in [2.45, 2.75) is 56.3 Å². The van der Waals surface area contributed by atoms with Gasteiger partial charge in [-0.2, -0.15) is 9.57 Å². The molecule has 1 aliphatic heterocycles. The molecule has 0 saturated carbocycles. The number of alkyl carbamates (subject to hydrolysis) is 1. The Kier molecular flexibility index (Phi) is 11.9. The fourth-order valence-corrected chi connectivity index (χ4v) is 6.10. The van der Waals surface area contributed by atoms with Crippen LogP contribution in [0, 0.1) is 16.7 Å². The Hall–Kier alpha value is -3.21. The maximum atomic E-state index is 13.9. The number of sulfonamides is 1. The number of hydrogen-bond acceptors (Lipinski definition) is 9. The number of benzene rings is 2. The van der Waals surface area contributed by atoms with Crippen LogP contribution < -0.4 is 10.1 Å². The van der Waals surface area contributed by atoms with Crippen molar-refractivity contribution in [3.05, 3.63) is 60.2 Å². The van der Waals surface area contributed by atoms with Crippen molar-refractivity contribution in [3.8, 4) is 11.8 Å². The number of methoxy groups -OCH3 is 1. The molecule has 0 aromatic heterocycles. The van der Waals surface area contributed by atoms with Crippen molar-refractivity contribution < 1.29 is 37.3 Å². The molecule has 0 spiro atoms. The first-order chi connectivity index (χ1) is 19.5. The lowest BCUT2D eigenvalue weighted by Crippen LogP contribution is -2.52. The van der Waals surface area contributed by atoms with Crippen molar-refractivity contribution in [2.24, 2.45) is 5.41 Å². The van der Waals surface area contributed by atoms with Crippen LogP contribution in [0.4, 0.5) is 4.79 Å². The van der Waals surface area contributed by atoms with E-state index in [1.54, 1.807) is 12.1 Å². The molecule has 224 valence electrons. The minimum absolute atomic E-state index is 0.0332. The minimum Gasteiger partial charge on any atom is -0.497 e. The SMILES string of the molecule is COc1ccc(S(=O)(=O)N(C[C@@H](O)C(Cc2ccccc2)NC(=O)OC2COCOC2)CC(C)(C)CCC#N)cc1. The summed E-state index contributed by atoms with van der Waals surface area (Å²) >= 11 is 0. The largest absolute Gasteiger partial charge is 0.497 e. The minimum atomic E-state index is -4.08. The highest BCUT2D eigenvalue weighted by Crippen LogP contribution is 2.28. The molecular weight excluding hydrogens is 550 g/mol. The molecule has 1 saturated heterocycles. The van der Waals surface area contributed by atoms with Crippen LogP contribution >= 0.6 is 0 Å². The van der Waals surface area contributed by atoms with Gasteiger partial charge in [-0.3, -0.25) is 0 Å². The van der Waals surface area contributed by atoms with Crippen LogP contribution in [-0.2, 0) is 30.7 Å².